The SMILES string of the molecule is O=C(O)CCCc1ccc(NC(=O)C2CC2)cc1. The molecule has 0 heterocycles. The van der Waals surface area contributed by atoms with Crippen LogP contribution in [0.1, 0.15) is 31.2 Å². The topological polar surface area (TPSA) is 66.4 Å². The molecule has 1 amide bonds. The minimum atomic E-state index is -0.761. The van der Waals surface area contributed by atoms with Crippen LogP contribution in [0, 0.1) is 5.92 Å². The molecule has 1 aliphatic rings. The maximum atomic E-state index is 11.5. The zero-order valence-corrected chi connectivity index (χ0v) is 10.2. The second-order valence-electron chi connectivity index (χ2n) is 4.71. The summed E-state index contributed by atoms with van der Waals surface area (Å²) in [5.74, 6) is -0.447. The highest BCUT2D eigenvalue weighted by Crippen LogP contribution is 2.30. The molecule has 18 heavy (non-hydrogen) atoms. The number of hydrogen-bond donors (Lipinski definition) is 2. The van der Waals surface area contributed by atoms with Crippen molar-refractivity contribution in [3.63, 3.8) is 0 Å². The number of carboxylic acids is 1. The largest absolute Gasteiger partial charge is 0.481 e. The van der Waals surface area contributed by atoms with Crippen molar-refractivity contribution in [2.24, 2.45) is 5.92 Å². The monoisotopic (exact) mass is 247 g/mol. The fourth-order valence-electron chi connectivity index (χ4n) is 1.79. The van der Waals surface area contributed by atoms with E-state index < -0.39 is 5.97 Å². The first kappa shape index (κ1) is 12.6. The number of aliphatic carboxylic acids is 1. The first-order valence-electron chi connectivity index (χ1n) is 6.27. The summed E-state index contributed by atoms with van der Waals surface area (Å²) in [5.41, 5.74) is 1.91. The van der Waals surface area contributed by atoms with Gasteiger partial charge in [-0.25, -0.2) is 0 Å². The molecule has 2 N–H and O–H groups in total. The minimum Gasteiger partial charge on any atom is -0.481 e. The van der Waals surface area contributed by atoms with Crippen LogP contribution in [0.4, 0.5) is 5.69 Å². The molecule has 0 bridgehead atoms. The average molecular weight is 247 g/mol. The van der Waals surface area contributed by atoms with E-state index in [2.05, 4.69) is 5.32 Å². The lowest BCUT2D eigenvalue weighted by Gasteiger charge is -2.05. The summed E-state index contributed by atoms with van der Waals surface area (Å²) in [6, 6.07) is 7.61. The van der Waals surface area contributed by atoms with Gasteiger partial charge in [0.2, 0.25) is 5.91 Å². The normalized spacial score (nSPS) is 14.2. The van der Waals surface area contributed by atoms with Crippen molar-refractivity contribution >= 4 is 17.6 Å². The molecule has 0 aliphatic heterocycles. The number of nitrogens with one attached hydrogen (secondary N) is 1. The van der Waals surface area contributed by atoms with Crippen LogP contribution < -0.4 is 5.32 Å². The van der Waals surface area contributed by atoms with Gasteiger partial charge in [-0.2, -0.15) is 0 Å². The highest BCUT2D eigenvalue weighted by molar-refractivity contribution is 5.93. The van der Waals surface area contributed by atoms with Crippen LogP contribution >= 0.6 is 0 Å². The van der Waals surface area contributed by atoms with Crippen molar-refractivity contribution in [2.75, 3.05) is 5.32 Å². The number of carbonyl (C=O) groups is 2. The smallest absolute Gasteiger partial charge is 0.303 e. The van der Waals surface area contributed by atoms with E-state index in [0.717, 1.165) is 30.5 Å². The molecule has 96 valence electrons. The summed E-state index contributed by atoms with van der Waals surface area (Å²) in [7, 11) is 0. The molecule has 1 aromatic carbocycles. The summed E-state index contributed by atoms with van der Waals surface area (Å²) < 4.78 is 0. The van der Waals surface area contributed by atoms with E-state index in [-0.39, 0.29) is 18.2 Å². The van der Waals surface area contributed by atoms with Crippen molar-refractivity contribution < 1.29 is 14.7 Å². The molecule has 1 saturated carbocycles. The quantitative estimate of drug-likeness (QED) is 0.811. The van der Waals surface area contributed by atoms with Gasteiger partial charge >= 0.3 is 5.97 Å². The first-order chi connectivity index (χ1) is 8.65. The van der Waals surface area contributed by atoms with Crippen molar-refractivity contribution in [1.82, 2.24) is 0 Å². The van der Waals surface area contributed by atoms with Gasteiger partial charge in [0.1, 0.15) is 0 Å². The molecule has 0 radical (unpaired) electrons. The summed E-state index contributed by atoms with van der Waals surface area (Å²) in [6.07, 6.45) is 3.59. The Morgan fingerprint density at radius 3 is 2.44 bits per heavy atom. The number of carbonyl (C=O) groups excluding carboxylic acids is 1. The van der Waals surface area contributed by atoms with Gasteiger partial charge in [-0.15, -0.1) is 0 Å². The van der Waals surface area contributed by atoms with E-state index in [0.29, 0.717) is 6.42 Å². The highest BCUT2D eigenvalue weighted by Gasteiger charge is 2.29. The van der Waals surface area contributed by atoms with Crippen LogP contribution in [0.2, 0.25) is 0 Å². The van der Waals surface area contributed by atoms with Crippen molar-refractivity contribution in [1.29, 1.82) is 0 Å². The van der Waals surface area contributed by atoms with E-state index >= 15 is 0 Å². The molecule has 4 nitrogen and oxygen atoms in total. The summed E-state index contributed by atoms with van der Waals surface area (Å²) in [4.78, 5) is 21.9. The molecule has 0 saturated heterocycles. The highest BCUT2D eigenvalue weighted by atomic mass is 16.4. The second-order valence-corrected chi connectivity index (χ2v) is 4.71. The summed E-state index contributed by atoms with van der Waals surface area (Å²) >= 11 is 0. The molecular formula is C14H17NO3. The molecule has 0 unspecified atom stereocenters. The average Bonchev–Trinajstić information content (AvgIpc) is 3.15. The second kappa shape index (κ2) is 5.67. The van der Waals surface area contributed by atoms with Crippen LogP contribution in [0.3, 0.4) is 0 Å². The Morgan fingerprint density at radius 2 is 1.89 bits per heavy atom. The molecule has 2 rings (SSSR count). The van der Waals surface area contributed by atoms with Crippen LogP contribution in [0.15, 0.2) is 24.3 Å². The van der Waals surface area contributed by atoms with Crippen LogP contribution in [-0.2, 0) is 16.0 Å². The lowest BCUT2D eigenvalue weighted by Crippen LogP contribution is -2.13. The molecular weight excluding hydrogens is 230 g/mol. The van der Waals surface area contributed by atoms with Gasteiger partial charge in [-0.3, -0.25) is 9.59 Å². The fourth-order valence-corrected chi connectivity index (χ4v) is 1.79. The van der Waals surface area contributed by atoms with Crippen molar-refractivity contribution in [3.05, 3.63) is 29.8 Å². The van der Waals surface area contributed by atoms with Gasteiger partial charge in [-0.05, 0) is 43.4 Å². The number of rotatable bonds is 6. The number of hydrogen-bond acceptors (Lipinski definition) is 2. The standard InChI is InChI=1S/C14H17NO3/c16-13(17)3-1-2-10-4-8-12(9-5-10)15-14(18)11-6-7-11/h4-5,8-9,11H,1-3,6-7H2,(H,15,18)(H,16,17). The predicted octanol–water partition coefficient (Wildman–Crippen LogP) is 2.44. The van der Waals surface area contributed by atoms with E-state index in [4.69, 9.17) is 5.11 Å². The number of carboxylic acid groups (broad SMARTS) is 1. The Morgan fingerprint density at radius 1 is 1.22 bits per heavy atom. The lowest BCUT2D eigenvalue weighted by molar-refractivity contribution is -0.137. The maximum absolute atomic E-state index is 11.5. The van der Waals surface area contributed by atoms with Gasteiger partial charge in [0, 0.05) is 18.0 Å². The molecule has 1 fully saturated rings. The number of benzene rings is 1. The third-order valence-corrected chi connectivity index (χ3v) is 3.03. The van der Waals surface area contributed by atoms with E-state index in [1.54, 1.807) is 0 Å². The van der Waals surface area contributed by atoms with Gasteiger partial charge in [0.25, 0.3) is 0 Å². The molecule has 0 atom stereocenters. The van der Waals surface area contributed by atoms with E-state index in [9.17, 15) is 9.59 Å². The Labute approximate surface area is 106 Å². The minimum absolute atomic E-state index is 0.105. The van der Waals surface area contributed by atoms with Crippen molar-refractivity contribution in [3.8, 4) is 0 Å². The van der Waals surface area contributed by atoms with Crippen LogP contribution in [-0.4, -0.2) is 17.0 Å². The third kappa shape index (κ3) is 3.87. The zero-order chi connectivity index (χ0) is 13.0. The third-order valence-electron chi connectivity index (χ3n) is 3.03. The molecule has 0 spiro atoms. The molecule has 0 aromatic heterocycles. The van der Waals surface area contributed by atoms with E-state index in [1.165, 1.54) is 0 Å². The Hall–Kier alpha value is -1.84. The molecule has 4 heteroatoms. The Kier molecular flexibility index (Phi) is 3.97. The van der Waals surface area contributed by atoms with Gasteiger partial charge < -0.3 is 10.4 Å². The molecule has 1 aromatic rings. The number of anilines is 1. The lowest BCUT2D eigenvalue weighted by atomic mass is 10.1. The van der Waals surface area contributed by atoms with Crippen LogP contribution in [0.25, 0.3) is 0 Å². The predicted molar refractivity (Wildman–Crippen MR) is 68.4 cm³/mol. The van der Waals surface area contributed by atoms with Crippen molar-refractivity contribution in [2.45, 2.75) is 32.1 Å². The Bertz CT molecular complexity index is 435. The fraction of sp³-hybridized carbons (Fsp3) is 0.429. The Balaban J connectivity index is 1.81. The summed E-state index contributed by atoms with van der Waals surface area (Å²) in [6.45, 7) is 0. The molecule has 1 aliphatic carbocycles. The van der Waals surface area contributed by atoms with Gasteiger partial charge in [0.15, 0.2) is 0 Å². The van der Waals surface area contributed by atoms with Crippen LogP contribution in [0.5, 0.6) is 0 Å². The van der Waals surface area contributed by atoms with Gasteiger partial charge in [-0.1, -0.05) is 12.1 Å². The zero-order valence-electron chi connectivity index (χ0n) is 10.2. The maximum Gasteiger partial charge on any atom is 0.303 e. The number of amides is 1. The van der Waals surface area contributed by atoms with Gasteiger partial charge in [0.05, 0.1) is 0 Å². The first-order valence-corrected chi connectivity index (χ1v) is 6.27. The summed E-state index contributed by atoms with van der Waals surface area (Å²) in [5, 5.41) is 11.4. The van der Waals surface area contributed by atoms with E-state index in [1.807, 2.05) is 24.3 Å². The number of aryl methyl sites for hydroxylation is 1.